The van der Waals surface area contributed by atoms with E-state index < -0.39 is 37.6 Å². The van der Waals surface area contributed by atoms with Crippen LogP contribution in [0.4, 0.5) is 0 Å². The third-order valence-electron chi connectivity index (χ3n) is 7.39. The van der Waals surface area contributed by atoms with Gasteiger partial charge in [-0.2, -0.15) is 0 Å². The molecule has 0 aliphatic carbocycles. The molecule has 6 rings (SSSR count). The van der Waals surface area contributed by atoms with Gasteiger partial charge in [0.2, 0.25) is 0 Å². The molecule has 1 nitrogen and oxygen atoms in total. The molecule has 0 N–H and O–H groups in total. The maximum atomic E-state index is 8.36. The standard InChI is InChI=1S/6C6H5.O.2Sn/c6*1-2-4-6-5-3-1;;;/h6*1-5H;;;. The molecule has 0 atom stereocenters. The van der Waals surface area contributed by atoms with Crippen molar-refractivity contribution < 1.29 is 1.41 Å². The van der Waals surface area contributed by atoms with Crippen LogP contribution in [0.15, 0.2) is 182 Å². The van der Waals surface area contributed by atoms with Gasteiger partial charge < -0.3 is 0 Å². The van der Waals surface area contributed by atoms with E-state index in [2.05, 4.69) is 182 Å². The Kier molecular flexibility index (Phi) is 8.00. The first-order valence-corrected chi connectivity index (χ1v) is 24.3. The molecule has 0 heterocycles. The Morgan fingerprint density at radius 1 is 0.231 bits per heavy atom. The van der Waals surface area contributed by atoms with Crippen molar-refractivity contribution in [3.63, 3.8) is 0 Å². The SMILES string of the molecule is c1cc[c]([Sn]([O][Sn]([c]2ccccc2)([c]2ccccc2)[c]2ccccc2)([c]2ccccc2)[c]2ccccc2)cc1. The summed E-state index contributed by atoms with van der Waals surface area (Å²) in [5, 5.41) is 0. The molecule has 0 fully saturated rings. The zero-order valence-electron chi connectivity index (χ0n) is 21.7. The second kappa shape index (κ2) is 11.9. The van der Waals surface area contributed by atoms with E-state index in [1.807, 2.05) is 0 Å². The van der Waals surface area contributed by atoms with Crippen molar-refractivity contribution in [2.45, 2.75) is 0 Å². The van der Waals surface area contributed by atoms with Gasteiger partial charge in [0.15, 0.2) is 0 Å². The molecule has 0 aliphatic rings. The van der Waals surface area contributed by atoms with E-state index in [-0.39, 0.29) is 0 Å². The quantitative estimate of drug-likeness (QED) is 0.214. The fourth-order valence-corrected chi connectivity index (χ4v) is 48.3. The molecule has 0 radical (unpaired) electrons. The summed E-state index contributed by atoms with van der Waals surface area (Å²) >= 11 is -8.26. The van der Waals surface area contributed by atoms with Gasteiger partial charge in [-0.25, -0.2) is 0 Å². The van der Waals surface area contributed by atoms with Gasteiger partial charge in [-0.1, -0.05) is 0 Å². The van der Waals surface area contributed by atoms with Crippen LogP contribution in [0, 0.1) is 0 Å². The molecule has 0 unspecified atom stereocenters. The first-order valence-electron chi connectivity index (χ1n) is 13.4. The van der Waals surface area contributed by atoms with Crippen molar-refractivity contribution in [3.8, 4) is 0 Å². The molecule has 3 heteroatoms. The van der Waals surface area contributed by atoms with Crippen LogP contribution in [0.2, 0.25) is 0 Å². The van der Waals surface area contributed by atoms with Crippen LogP contribution in [0.5, 0.6) is 0 Å². The van der Waals surface area contributed by atoms with Crippen molar-refractivity contribution in [2.75, 3.05) is 0 Å². The normalized spacial score (nSPS) is 11.7. The van der Waals surface area contributed by atoms with Crippen molar-refractivity contribution in [1.82, 2.24) is 0 Å². The van der Waals surface area contributed by atoms with Gasteiger partial charge in [0.25, 0.3) is 0 Å². The predicted octanol–water partition coefficient (Wildman–Crippen LogP) is 4.34. The van der Waals surface area contributed by atoms with Crippen LogP contribution in [-0.2, 0) is 1.41 Å². The van der Waals surface area contributed by atoms with Crippen LogP contribution in [0.25, 0.3) is 0 Å². The Balaban J connectivity index is 1.76. The zero-order valence-corrected chi connectivity index (χ0v) is 27.4. The molecule has 0 aliphatic heterocycles. The van der Waals surface area contributed by atoms with Gasteiger partial charge >= 0.3 is 242 Å². The molecule has 0 aromatic heterocycles. The Morgan fingerprint density at radius 3 is 0.538 bits per heavy atom. The maximum absolute atomic E-state index is 8.36. The van der Waals surface area contributed by atoms with Crippen molar-refractivity contribution in [1.29, 1.82) is 0 Å². The first kappa shape index (κ1) is 26.1. The Morgan fingerprint density at radius 2 is 0.385 bits per heavy atom. The summed E-state index contributed by atoms with van der Waals surface area (Å²) in [6.07, 6.45) is 0. The summed E-state index contributed by atoms with van der Waals surface area (Å²) in [6.45, 7) is 0. The van der Waals surface area contributed by atoms with Gasteiger partial charge in [0, 0.05) is 0 Å². The van der Waals surface area contributed by atoms with Gasteiger partial charge in [-0.15, -0.1) is 0 Å². The van der Waals surface area contributed by atoms with Gasteiger partial charge in [0.1, 0.15) is 0 Å². The monoisotopic (exact) mass is 718 g/mol. The fraction of sp³-hybridized carbons (Fsp3) is 0. The molecule has 6 aromatic carbocycles. The summed E-state index contributed by atoms with van der Waals surface area (Å²) < 4.78 is 16.3. The second-order valence-corrected chi connectivity index (χ2v) is 31.8. The van der Waals surface area contributed by atoms with Crippen LogP contribution >= 0.6 is 0 Å². The molecule has 39 heavy (non-hydrogen) atoms. The van der Waals surface area contributed by atoms with Crippen LogP contribution < -0.4 is 21.5 Å². The molecule has 188 valence electrons. The zero-order chi connectivity index (χ0) is 26.4. The van der Waals surface area contributed by atoms with Crippen LogP contribution in [0.1, 0.15) is 0 Å². The minimum absolute atomic E-state index is 1.33. The Labute approximate surface area is 240 Å². The fourth-order valence-electron chi connectivity index (χ4n) is 5.62. The van der Waals surface area contributed by atoms with Gasteiger partial charge in [-0.3, -0.25) is 0 Å². The average Bonchev–Trinajstić information content (AvgIpc) is 3.04. The number of rotatable bonds is 8. The van der Waals surface area contributed by atoms with E-state index in [4.69, 9.17) is 1.41 Å². The van der Waals surface area contributed by atoms with Gasteiger partial charge in [0.05, 0.1) is 0 Å². The molecule has 0 bridgehead atoms. The topological polar surface area (TPSA) is 9.23 Å². The average molecular weight is 716 g/mol. The molecule has 0 saturated heterocycles. The van der Waals surface area contributed by atoms with E-state index >= 15 is 0 Å². The van der Waals surface area contributed by atoms with Crippen molar-refractivity contribution >= 4 is 59.1 Å². The van der Waals surface area contributed by atoms with Crippen LogP contribution in [0.3, 0.4) is 0 Å². The van der Waals surface area contributed by atoms with E-state index in [0.717, 1.165) is 0 Å². The van der Waals surface area contributed by atoms with Gasteiger partial charge in [-0.05, 0) is 0 Å². The summed E-state index contributed by atoms with van der Waals surface area (Å²) in [4.78, 5) is 0. The van der Waals surface area contributed by atoms with E-state index in [9.17, 15) is 0 Å². The second-order valence-electron chi connectivity index (χ2n) is 9.66. The van der Waals surface area contributed by atoms with E-state index in [1.165, 1.54) is 21.5 Å². The van der Waals surface area contributed by atoms with Crippen molar-refractivity contribution in [2.24, 2.45) is 0 Å². The Hall–Kier alpha value is -3.12. The predicted molar refractivity (Wildman–Crippen MR) is 169 cm³/mol. The summed E-state index contributed by atoms with van der Waals surface area (Å²) in [5.41, 5.74) is 0. The molecule has 0 saturated carbocycles. The number of benzene rings is 6. The molecule has 0 amide bonds. The first-order chi connectivity index (χ1) is 19.3. The van der Waals surface area contributed by atoms with E-state index in [1.54, 1.807) is 0 Å². The van der Waals surface area contributed by atoms with Crippen molar-refractivity contribution in [3.05, 3.63) is 182 Å². The summed E-state index contributed by atoms with van der Waals surface area (Å²) in [5.74, 6) is 0. The van der Waals surface area contributed by atoms with E-state index in [0.29, 0.717) is 0 Å². The van der Waals surface area contributed by atoms with Crippen LogP contribution in [-0.4, -0.2) is 37.6 Å². The minimum atomic E-state index is -4.13. The molecule has 0 spiro atoms. The Bertz CT molecular complexity index is 1270. The molecular weight excluding hydrogens is 686 g/mol. The summed E-state index contributed by atoms with van der Waals surface area (Å²) in [7, 11) is 0. The number of hydrogen-bond acceptors (Lipinski definition) is 1. The molecule has 6 aromatic rings. The molecular formula is C36H30OSn2. The number of hydrogen-bond donors (Lipinski definition) is 0. The third kappa shape index (κ3) is 4.99. The summed E-state index contributed by atoms with van der Waals surface area (Å²) in [6, 6.07) is 66.3. The third-order valence-corrected chi connectivity index (χ3v) is 40.5.